The van der Waals surface area contributed by atoms with Crippen molar-refractivity contribution >= 4 is 29.0 Å². The molecule has 18 heavy (non-hydrogen) atoms. The van der Waals surface area contributed by atoms with Crippen LogP contribution in [0.3, 0.4) is 0 Å². The molecule has 3 N–H and O–H groups in total. The molecule has 0 radical (unpaired) electrons. The van der Waals surface area contributed by atoms with Gasteiger partial charge in [-0.1, -0.05) is 18.2 Å². The zero-order valence-electron chi connectivity index (χ0n) is 9.43. The number of aromatic nitrogens is 2. The van der Waals surface area contributed by atoms with Crippen LogP contribution in [0.1, 0.15) is 5.56 Å². The van der Waals surface area contributed by atoms with Crippen LogP contribution < -0.4 is 11.1 Å². The minimum atomic E-state index is -0.206. The fourth-order valence-electron chi connectivity index (χ4n) is 1.46. The highest BCUT2D eigenvalue weighted by molar-refractivity contribution is 6.28. The number of benzene rings is 1. The predicted octanol–water partition coefficient (Wildman–Crippen LogP) is 1.89. The summed E-state index contributed by atoms with van der Waals surface area (Å²) in [4.78, 5) is 19.4. The molecule has 0 saturated heterocycles. The highest BCUT2D eigenvalue weighted by Gasteiger charge is 2.07. The first-order valence-electron chi connectivity index (χ1n) is 5.27. The number of carbonyl (C=O) groups excluding carboxylic acids is 1. The molecule has 0 aliphatic rings. The molecule has 1 heterocycles. The molecule has 0 spiro atoms. The summed E-state index contributed by atoms with van der Waals surface area (Å²) in [5.74, 6) is 0.164. The van der Waals surface area contributed by atoms with Gasteiger partial charge >= 0.3 is 0 Å². The SMILES string of the molecule is Nc1ccccc1CC(=O)Nc1ccnc(Cl)n1. The van der Waals surface area contributed by atoms with E-state index in [2.05, 4.69) is 15.3 Å². The number of nitrogens with zero attached hydrogens (tertiary/aromatic N) is 2. The minimum Gasteiger partial charge on any atom is -0.398 e. The van der Waals surface area contributed by atoms with E-state index in [1.807, 2.05) is 18.2 Å². The maximum atomic E-state index is 11.8. The van der Waals surface area contributed by atoms with E-state index in [4.69, 9.17) is 17.3 Å². The lowest BCUT2D eigenvalue weighted by Gasteiger charge is -2.06. The molecule has 1 aromatic carbocycles. The van der Waals surface area contributed by atoms with Crippen LogP contribution >= 0.6 is 11.6 Å². The zero-order valence-corrected chi connectivity index (χ0v) is 10.2. The first-order chi connectivity index (χ1) is 8.65. The van der Waals surface area contributed by atoms with Crippen molar-refractivity contribution in [3.05, 3.63) is 47.4 Å². The van der Waals surface area contributed by atoms with E-state index in [9.17, 15) is 4.79 Å². The van der Waals surface area contributed by atoms with Gasteiger partial charge < -0.3 is 11.1 Å². The second kappa shape index (κ2) is 5.46. The molecular formula is C12H11ClN4O. The van der Waals surface area contributed by atoms with Gasteiger partial charge in [0.15, 0.2) is 0 Å². The number of hydrogen-bond acceptors (Lipinski definition) is 4. The fourth-order valence-corrected chi connectivity index (χ4v) is 1.61. The Bertz CT molecular complexity index is 574. The van der Waals surface area contributed by atoms with Gasteiger partial charge in [-0.2, -0.15) is 0 Å². The van der Waals surface area contributed by atoms with Crippen molar-refractivity contribution in [1.29, 1.82) is 0 Å². The lowest BCUT2D eigenvalue weighted by molar-refractivity contribution is -0.115. The van der Waals surface area contributed by atoms with Crippen LogP contribution in [0.4, 0.5) is 11.5 Å². The molecule has 0 unspecified atom stereocenters. The average molecular weight is 263 g/mol. The third-order valence-corrected chi connectivity index (χ3v) is 2.48. The van der Waals surface area contributed by atoms with Crippen LogP contribution in [0.2, 0.25) is 5.28 Å². The fraction of sp³-hybridized carbons (Fsp3) is 0.0833. The van der Waals surface area contributed by atoms with Crippen LogP contribution in [0.25, 0.3) is 0 Å². The highest BCUT2D eigenvalue weighted by atomic mass is 35.5. The number of amides is 1. The number of rotatable bonds is 3. The first-order valence-corrected chi connectivity index (χ1v) is 5.65. The van der Waals surface area contributed by atoms with Gasteiger partial charge in [-0.15, -0.1) is 0 Å². The standard InChI is InChI=1S/C12H11ClN4O/c13-12-15-6-5-10(17-12)16-11(18)7-8-3-1-2-4-9(8)14/h1-6H,7,14H2,(H,15,16,17,18). The van der Waals surface area contributed by atoms with Gasteiger partial charge in [-0.3, -0.25) is 4.79 Å². The van der Waals surface area contributed by atoms with Gasteiger partial charge in [0.05, 0.1) is 6.42 Å². The van der Waals surface area contributed by atoms with Crippen molar-refractivity contribution in [2.24, 2.45) is 0 Å². The number of carbonyl (C=O) groups is 1. The highest BCUT2D eigenvalue weighted by Crippen LogP contribution is 2.12. The van der Waals surface area contributed by atoms with Gasteiger partial charge in [-0.25, -0.2) is 9.97 Å². The first kappa shape index (κ1) is 12.3. The van der Waals surface area contributed by atoms with Crippen molar-refractivity contribution in [3.63, 3.8) is 0 Å². The van der Waals surface area contributed by atoms with E-state index in [0.717, 1.165) is 5.56 Å². The Labute approximate surface area is 109 Å². The van der Waals surface area contributed by atoms with Gasteiger partial charge in [0.2, 0.25) is 11.2 Å². The van der Waals surface area contributed by atoms with Crippen LogP contribution in [0.15, 0.2) is 36.5 Å². The maximum absolute atomic E-state index is 11.8. The number of anilines is 2. The largest absolute Gasteiger partial charge is 0.398 e. The number of para-hydroxylation sites is 1. The Morgan fingerprint density at radius 3 is 2.83 bits per heavy atom. The summed E-state index contributed by atoms with van der Waals surface area (Å²) >= 11 is 5.62. The molecule has 0 aliphatic heterocycles. The van der Waals surface area contributed by atoms with E-state index in [0.29, 0.717) is 11.5 Å². The summed E-state index contributed by atoms with van der Waals surface area (Å²) in [5.41, 5.74) is 7.12. The molecule has 0 bridgehead atoms. The molecule has 1 aromatic heterocycles. The van der Waals surface area contributed by atoms with Crippen molar-refractivity contribution in [2.75, 3.05) is 11.1 Å². The molecule has 0 saturated carbocycles. The molecule has 0 atom stereocenters. The smallest absolute Gasteiger partial charge is 0.230 e. The molecule has 6 heteroatoms. The summed E-state index contributed by atoms with van der Waals surface area (Å²) < 4.78 is 0. The van der Waals surface area contributed by atoms with Crippen LogP contribution in [0.5, 0.6) is 0 Å². The van der Waals surface area contributed by atoms with Crippen molar-refractivity contribution < 1.29 is 4.79 Å². The summed E-state index contributed by atoms with van der Waals surface area (Å²) in [6, 6.07) is 8.78. The van der Waals surface area contributed by atoms with E-state index in [-0.39, 0.29) is 17.6 Å². The number of halogens is 1. The number of nitrogens with one attached hydrogen (secondary N) is 1. The van der Waals surface area contributed by atoms with Crippen molar-refractivity contribution in [2.45, 2.75) is 6.42 Å². The lowest BCUT2D eigenvalue weighted by Crippen LogP contribution is -2.16. The third-order valence-electron chi connectivity index (χ3n) is 2.30. The molecular weight excluding hydrogens is 252 g/mol. The molecule has 2 rings (SSSR count). The van der Waals surface area contributed by atoms with Crippen LogP contribution in [-0.4, -0.2) is 15.9 Å². The quantitative estimate of drug-likeness (QED) is 0.654. The maximum Gasteiger partial charge on any atom is 0.230 e. The van der Waals surface area contributed by atoms with E-state index < -0.39 is 0 Å². The normalized spacial score (nSPS) is 10.1. The third kappa shape index (κ3) is 3.18. The Balaban J connectivity index is 2.03. The summed E-state index contributed by atoms with van der Waals surface area (Å²) in [5, 5.41) is 2.72. The van der Waals surface area contributed by atoms with Crippen molar-refractivity contribution in [1.82, 2.24) is 9.97 Å². The van der Waals surface area contributed by atoms with Gasteiger partial charge in [-0.05, 0) is 29.3 Å². The topological polar surface area (TPSA) is 80.9 Å². The van der Waals surface area contributed by atoms with Gasteiger partial charge in [0, 0.05) is 11.9 Å². The van der Waals surface area contributed by atoms with E-state index >= 15 is 0 Å². The Morgan fingerprint density at radius 2 is 2.11 bits per heavy atom. The summed E-state index contributed by atoms with van der Waals surface area (Å²) in [6.45, 7) is 0. The summed E-state index contributed by atoms with van der Waals surface area (Å²) in [6.07, 6.45) is 1.66. The van der Waals surface area contributed by atoms with Crippen LogP contribution in [0, 0.1) is 0 Å². The Hall–Kier alpha value is -2.14. The van der Waals surface area contributed by atoms with E-state index in [1.54, 1.807) is 12.1 Å². The Kier molecular flexibility index (Phi) is 3.74. The Morgan fingerprint density at radius 1 is 1.33 bits per heavy atom. The molecule has 0 fully saturated rings. The number of nitrogens with two attached hydrogens (primary N) is 1. The average Bonchev–Trinajstić information content (AvgIpc) is 2.32. The molecule has 2 aromatic rings. The molecule has 92 valence electrons. The number of hydrogen-bond donors (Lipinski definition) is 2. The van der Waals surface area contributed by atoms with E-state index in [1.165, 1.54) is 6.20 Å². The van der Waals surface area contributed by atoms with Crippen molar-refractivity contribution in [3.8, 4) is 0 Å². The van der Waals surface area contributed by atoms with Gasteiger partial charge in [0.25, 0.3) is 0 Å². The lowest BCUT2D eigenvalue weighted by atomic mass is 10.1. The zero-order chi connectivity index (χ0) is 13.0. The monoisotopic (exact) mass is 262 g/mol. The molecule has 1 amide bonds. The molecule has 0 aliphatic carbocycles. The predicted molar refractivity (Wildman–Crippen MR) is 70.2 cm³/mol. The summed E-state index contributed by atoms with van der Waals surface area (Å²) in [7, 11) is 0. The minimum absolute atomic E-state index is 0.0898. The molecule has 5 nitrogen and oxygen atoms in total. The van der Waals surface area contributed by atoms with Gasteiger partial charge in [0.1, 0.15) is 5.82 Å². The second-order valence-electron chi connectivity index (χ2n) is 3.63. The van der Waals surface area contributed by atoms with Crippen LogP contribution in [-0.2, 0) is 11.2 Å². The second-order valence-corrected chi connectivity index (χ2v) is 3.97. The number of nitrogen functional groups attached to an aromatic ring is 1.